The molecule has 0 spiro atoms. The van der Waals surface area contributed by atoms with Crippen molar-refractivity contribution in [2.24, 2.45) is 0 Å². The van der Waals surface area contributed by atoms with Crippen LogP contribution >= 0.6 is 0 Å². The van der Waals surface area contributed by atoms with E-state index >= 15 is 0 Å². The molecule has 1 N–H and O–H groups in total. The third-order valence-corrected chi connectivity index (χ3v) is 4.09. The van der Waals surface area contributed by atoms with Crippen LogP contribution in [-0.2, 0) is 4.79 Å². The van der Waals surface area contributed by atoms with Gasteiger partial charge in [0.15, 0.2) is 6.61 Å². The van der Waals surface area contributed by atoms with E-state index in [2.05, 4.69) is 0 Å². The van der Waals surface area contributed by atoms with E-state index in [-0.39, 0.29) is 24.1 Å². The van der Waals surface area contributed by atoms with Crippen LogP contribution in [-0.4, -0.2) is 17.6 Å². The lowest BCUT2D eigenvalue weighted by molar-refractivity contribution is -0.120. The number of benzene rings is 3. The second-order valence-electron chi connectivity index (χ2n) is 5.72. The number of nitrogens with zero attached hydrogens (tertiary/aromatic N) is 1. The molecule has 0 bridgehead atoms. The van der Waals surface area contributed by atoms with E-state index in [1.807, 2.05) is 12.1 Å². The van der Waals surface area contributed by atoms with Gasteiger partial charge in [0.1, 0.15) is 17.3 Å². The fraction of sp³-hybridized carbons (Fsp3) is 0.0500. The fourth-order valence-corrected chi connectivity index (χ4v) is 2.86. The second-order valence-corrected chi connectivity index (χ2v) is 5.72. The molecule has 25 heavy (non-hydrogen) atoms. The third kappa shape index (κ3) is 2.80. The number of rotatable bonds is 2. The van der Waals surface area contributed by atoms with Gasteiger partial charge < -0.3 is 9.84 Å². The van der Waals surface area contributed by atoms with Gasteiger partial charge in [0.2, 0.25) is 0 Å². The maximum atomic E-state index is 13.2. The van der Waals surface area contributed by atoms with E-state index < -0.39 is 0 Å². The van der Waals surface area contributed by atoms with E-state index in [1.165, 1.54) is 17.0 Å². The average molecular weight is 335 g/mol. The molecule has 0 atom stereocenters. The SMILES string of the molecule is O=C1COc2ccc(-c3ccc(O)cc3)cc2N1c1ccc(F)cc1. The van der Waals surface area contributed by atoms with Crippen molar-refractivity contribution in [2.45, 2.75) is 0 Å². The van der Waals surface area contributed by atoms with Crippen LogP contribution in [0.4, 0.5) is 15.8 Å². The summed E-state index contributed by atoms with van der Waals surface area (Å²) in [6, 6.07) is 18.1. The van der Waals surface area contributed by atoms with Crippen LogP contribution in [0, 0.1) is 5.82 Å². The Morgan fingerprint density at radius 3 is 2.32 bits per heavy atom. The minimum absolute atomic E-state index is 0.0665. The highest BCUT2D eigenvalue weighted by Gasteiger charge is 2.27. The molecule has 0 aliphatic carbocycles. The van der Waals surface area contributed by atoms with Crippen molar-refractivity contribution < 1.29 is 19.0 Å². The molecule has 0 aromatic heterocycles. The normalized spacial score (nSPS) is 13.3. The molecule has 0 fully saturated rings. The quantitative estimate of drug-likeness (QED) is 0.761. The minimum Gasteiger partial charge on any atom is -0.508 e. The molecule has 1 aliphatic rings. The lowest BCUT2D eigenvalue weighted by Crippen LogP contribution is -2.35. The van der Waals surface area contributed by atoms with Crippen LogP contribution in [0.3, 0.4) is 0 Å². The molecule has 124 valence electrons. The Balaban J connectivity index is 1.81. The molecule has 3 aromatic rings. The first-order chi connectivity index (χ1) is 12.1. The summed E-state index contributed by atoms with van der Waals surface area (Å²) in [6.45, 7) is -0.0665. The van der Waals surface area contributed by atoms with Gasteiger partial charge in [0.05, 0.1) is 5.69 Å². The fourth-order valence-electron chi connectivity index (χ4n) is 2.86. The number of carbonyl (C=O) groups is 1. The molecule has 1 heterocycles. The Bertz CT molecular complexity index is 936. The van der Waals surface area contributed by atoms with Crippen molar-refractivity contribution in [2.75, 3.05) is 11.5 Å². The molecule has 1 amide bonds. The van der Waals surface area contributed by atoms with Crippen molar-refractivity contribution in [1.29, 1.82) is 0 Å². The van der Waals surface area contributed by atoms with Crippen LogP contribution in [0.1, 0.15) is 0 Å². The Hall–Kier alpha value is -3.34. The second kappa shape index (κ2) is 5.94. The number of hydrogen-bond acceptors (Lipinski definition) is 3. The van der Waals surface area contributed by atoms with Gasteiger partial charge in [0, 0.05) is 5.69 Å². The predicted octanol–water partition coefficient (Wildman–Crippen LogP) is 4.26. The summed E-state index contributed by atoms with van der Waals surface area (Å²) in [5, 5.41) is 9.44. The molecule has 0 saturated carbocycles. The number of fused-ring (bicyclic) bond motifs is 1. The first-order valence-electron chi connectivity index (χ1n) is 7.76. The summed E-state index contributed by atoms with van der Waals surface area (Å²) < 4.78 is 18.7. The largest absolute Gasteiger partial charge is 0.508 e. The molecule has 5 heteroatoms. The summed E-state index contributed by atoms with van der Waals surface area (Å²) in [6.07, 6.45) is 0. The molecular weight excluding hydrogens is 321 g/mol. The van der Waals surface area contributed by atoms with Gasteiger partial charge in [-0.15, -0.1) is 0 Å². The number of aromatic hydroxyl groups is 1. The smallest absolute Gasteiger partial charge is 0.269 e. The summed E-state index contributed by atoms with van der Waals surface area (Å²) in [5.41, 5.74) is 2.97. The maximum Gasteiger partial charge on any atom is 0.269 e. The van der Waals surface area contributed by atoms with Gasteiger partial charge in [-0.05, 0) is 59.7 Å². The number of phenols is 1. The number of anilines is 2. The van der Waals surface area contributed by atoms with E-state index in [4.69, 9.17) is 4.74 Å². The van der Waals surface area contributed by atoms with Crippen molar-refractivity contribution >= 4 is 17.3 Å². The molecular formula is C20H14FNO3. The first kappa shape index (κ1) is 15.2. The summed E-state index contributed by atoms with van der Waals surface area (Å²) in [7, 11) is 0. The molecule has 3 aromatic carbocycles. The number of amides is 1. The van der Waals surface area contributed by atoms with Crippen LogP contribution in [0.2, 0.25) is 0 Å². The number of carbonyl (C=O) groups excluding carboxylic acids is 1. The summed E-state index contributed by atoms with van der Waals surface area (Å²) in [4.78, 5) is 13.9. The highest BCUT2D eigenvalue weighted by Crippen LogP contribution is 2.40. The molecule has 1 aliphatic heterocycles. The van der Waals surface area contributed by atoms with Crippen LogP contribution in [0.5, 0.6) is 11.5 Å². The average Bonchev–Trinajstić information content (AvgIpc) is 2.63. The highest BCUT2D eigenvalue weighted by atomic mass is 19.1. The van der Waals surface area contributed by atoms with Crippen molar-refractivity contribution in [3.63, 3.8) is 0 Å². The van der Waals surface area contributed by atoms with Gasteiger partial charge in [-0.1, -0.05) is 18.2 Å². The number of halogens is 1. The molecule has 4 nitrogen and oxygen atoms in total. The standard InChI is InChI=1S/C20H14FNO3/c21-15-4-6-16(7-5-15)22-18-11-14(13-1-8-17(23)9-2-13)3-10-19(18)25-12-20(22)24/h1-11,23H,12H2. The Labute approximate surface area is 143 Å². The summed E-state index contributed by atoms with van der Waals surface area (Å²) >= 11 is 0. The van der Waals surface area contributed by atoms with Gasteiger partial charge in [-0.3, -0.25) is 9.69 Å². The van der Waals surface area contributed by atoms with E-state index in [9.17, 15) is 14.3 Å². The lowest BCUT2D eigenvalue weighted by atomic mass is 10.0. The van der Waals surface area contributed by atoms with E-state index in [0.29, 0.717) is 17.1 Å². The Morgan fingerprint density at radius 2 is 1.60 bits per heavy atom. The van der Waals surface area contributed by atoms with Crippen molar-refractivity contribution in [3.8, 4) is 22.6 Å². The third-order valence-electron chi connectivity index (χ3n) is 4.09. The predicted molar refractivity (Wildman–Crippen MR) is 92.6 cm³/mol. The molecule has 0 saturated heterocycles. The van der Waals surface area contributed by atoms with Gasteiger partial charge in [-0.2, -0.15) is 0 Å². The van der Waals surface area contributed by atoms with Crippen LogP contribution in [0.25, 0.3) is 11.1 Å². The van der Waals surface area contributed by atoms with Crippen molar-refractivity contribution in [1.82, 2.24) is 0 Å². The monoisotopic (exact) mass is 335 g/mol. The number of hydrogen-bond donors (Lipinski definition) is 1. The number of phenolic OH excluding ortho intramolecular Hbond substituents is 1. The lowest BCUT2D eigenvalue weighted by Gasteiger charge is -2.30. The Kier molecular flexibility index (Phi) is 3.61. The van der Waals surface area contributed by atoms with Crippen LogP contribution in [0.15, 0.2) is 66.7 Å². The Morgan fingerprint density at radius 1 is 0.920 bits per heavy atom. The minimum atomic E-state index is -0.359. The number of ether oxygens (including phenoxy) is 1. The first-order valence-corrected chi connectivity index (χ1v) is 7.76. The van der Waals surface area contributed by atoms with Gasteiger partial charge >= 0.3 is 0 Å². The van der Waals surface area contributed by atoms with Gasteiger partial charge in [-0.25, -0.2) is 4.39 Å². The molecule has 0 unspecified atom stereocenters. The topological polar surface area (TPSA) is 49.8 Å². The van der Waals surface area contributed by atoms with Crippen molar-refractivity contribution in [3.05, 3.63) is 72.5 Å². The zero-order valence-electron chi connectivity index (χ0n) is 13.1. The zero-order chi connectivity index (χ0) is 17.4. The van der Waals surface area contributed by atoms with Gasteiger partial charge in [0.25, 0.3) is 5.91 Å². The van der Waals surface area contributed by atoms with E-state index in [0.717, 1.165) is 11.1 Å². The summed E-state index contributed by atoms with van der Waals surface area (Å²) in [5.74, 6) is 0.198. The van der Waals surface area contributed by atoms with Crippen LogP contribution < -0.4 is 9.64 Å². The molecule has 0 radical (unpaired) electrons. The van der Waals surface area contributed by atoms with E-state index in [1.54, 1.807) is 42.5 Å². The highest BCUT2D eigenvalue weighted by molar-refractivity contribution is 6.04. The maximum absolute atomic E-state index is 13.2. The molecule has 4 rings (SSSR count). The zero-order valence-corrected chi connectivity index (χ0v) is 13.1.